The number of halogens is 4. The van der Waals surface area contributed by atoms with E-state index in [9.17, 15) is 26.0 Å². The molecule has 3 rings (SSSR count). The minimum atomic E-state index is -4.42. The van der Waals surface area contributed by atoms with Crippen LogP contribution in [0.5, 0.6) is 5.75 Å². The third-order valence-corrected chi connectivity index (χ3v) is 5.61. The van der Waals surface area contributed by atoms with Crippen molar-refractivity contribution in [2.75, 3.05) is 5.75 Å². The van der Waals surface area contributed by atoms with Crippen molar-refractivity contribution in [1.29, 1.82) is 0 Å². The van der Waals surface area contributed by atoms with E-state index in [1.807, 2.05) is 30.3 Å². The van der Waals surface area contributed by atoms with Crippen LogP contribution >= 0.6 is 0 Å². The molecular formula is C20H19F4NO3S. The average molecular weight is 429 g/mol. The highest BCUT2D eigenvalue weighted by Crippen LogP contribution is 2.29. The molecule has 1 atom stereocenters. The first kappa shape index (κ1) is 21.2. The van der Waals surface area contributed by atoms with Crippen molar-refractivity contribution in [2.45, 2.75) is 31.6 Å². The molecule has 0 aliphatic heterocycles. The van der Waals surface area contributed by atoms with Gasteiger partial charge >= 0.3 is 6.18 Å². The van der Waals surface area contributed by atoms with Gasteiger partial charge in [0.15, 0.2) is 0 Å². The first-order chi connectivity index (χ1) is 13.6. The van der Waals surface area contributed by atoms with Crippen LogP contribution in [0.3, 0.4) is 0 Å². The van der Waals surface area contributed by atoms with E-state index in [0.29, 0.717) is 5.75 Å². The second-order valence-corrected chi connectivity index (χ2v) is 8.52. The van der Waals surface area contributed by atoms with Crippen molar-refractivity contribution < 1.29 is 30.7 Å². The lowest BCUT2D eigenvalue weighted by molar-refractivity contribution is -0.134. The van der Waals surface area contributed by atoms with Crippen molar-refractivity contribution in [3.05, 3.63) is 66.1 Å². The van der Waals surface area contributed by atoms with Crippen LogP contribution in [0.4, 0.5) is 17.6 Å². The van der Waals surface area contributed by atoms with Gasteiger partial charge in [-0.2, -0.15) is 13.2 Å². The van der Waals surface area contributed by atoms with Gasteiger partial charge in [-0.05, 0) is 23.9 Å². The normalized spacial score (nSPS) is 17.6. The van der Waals surface area contributed by atoms with Crippen molar-refractivity contribution >= 4 is 20.8 Å². The molecule has 29 heavy (non-hydrogen) atoms. The maximum absolute atomic E-state index is 14.1. The van der Waals surface area contributed by atoms with E-state index in [4.69, 9.17) is 4.74 Å². The Morgan fingerprint density at radius 2 is 1.83 bits per heavy atom. The fourth-order valence-corrected chi connectivity index (χ4v) is 4.15. The largest absolute Gasteiger partial charge is 0.457 e. The Kier molecular flexibility index (Phi) is 6.16. The Balaban J connectivity index is 1.72. The summed E-state index contributed by atoms with van der Waals surface area (Å²) < 4.78 is 82.7. The van der Waals surface area contributed by atoms with Gasteiger partial charge in [-0.3, -0.25) is 4.72 Å². The Bertz CT molecular complexity index is 1040. The van der Waals surface area contributed by atoms with E-state index in [2.05, 4.69) is 4.72 Å². The lowest BCUT2D eigenvalue weighted by Gasteiger charge is -2.19. The van der Waals surface area contributed by atoms with Gasteiger partial charge < -0.3 is 4.74 Å². The second kappa shape index (κ2) is 8.44. The summed E-state index contributed by atoms with van der Waals surface area (Å²) in [5.41, 5.74) is 0.0299. The van der Waals surface area contributed by atoms with E-state index < -0.39 is 41.0 Å². The van der Waals surface area contributed by atoms with E-state index >= 15 is 0 Å². The minimum Gasteiger partial charge on any atom is -0.457 e. The standard InChI is InChI=1S/C20H19F4NO3S/c21-15-11-16(25-29(26,27)10-4-9-20(22,23)24)13-17(12-15)28-19-8-3-6-14-5-1-2-7-18(14)19/h1-3,5-8,12-13,15,25H,4,9-11H2. The molecule has 0 saturated carbocycles. The molecule has 0 radical (unpaired) electrons. The van der Waals surface area contributed by atoms with Gasteiger partial charge in [0, 0.05) is 30.0 Å². The number of hydrogen-bond donors (Lipinski definition) is 1. The summed E-state index contributed by atoms with van der Waals surface area (Å²) in [6.45, 7) is 0. The third-order valence-electron chi connectivity index (χ3n) is 4.21. The monoisotopic (exact) mass is 429 g/mol. The number of alkyl halides is 4. The summed E-state index contributed by atoms with van der Waals surface area (Å²) in [6.07, 6.45) is -5.35. The molecule has 0 fully saturated rings. The van der Waals surface area contributed by atoms with Crippen LogP contribution in [-0.2, 0) is 10.0 Å². The lowest BCUT2D eigenvalue weighted by Crippen LogP contribution is -2.29. The highest BCUT2D eigenvalue weighted by atomic mass is 32.2. The number of ether oxygens (including phenoxy) is 1. The molecule has 9 heteroatoms. The van der Waals surface area contributed by atoms with Crippen molar-refractivity contribution in [3.8, 4) is 5.75 Å². The summed E-state index contributed by atoms with van der Waals surface area (Å²) in [4.78, 5) is 0. The quantitative estimate of drug-likeness (QED) is 0.631. The van der Waals surface area contributed by atoms with Crippen LogP contribution < -0.4 is 9.46 Å². The Labute approximate surface area is 165 Å². The van der Waals surface area contributed by atoms with Gasteiger partial charge in [-0.1, -0.05) is 36.4 Å². The maximum atomic E-state index is 14.1. The highest BCUT2D eigenvalue weighted by molar-refractivity contribution is 7.89. The van der Waals surface area contributed by atoms with Crippen LogP contribution in [0.2, 0.25) is 0 Å². The van der Waals surface area contributed by atoms with Crippen molar-refractivity contribution in [2.24, 2.45) is 0 Å². The summed E-state index contributed by atoms with van der Waals surface area (Å²) in [7, 11) is -4.03. The second-order valence-electron chi connectivity index (χ2n) is 6.68. The number of benzene rings is 2. The van der Waals surface area contributed by atoms with Crippen molar-refractivity contribution in [3.63, 3.8) is 0 Å². The molecule has 0 aromatic heterocycles. The fraction of sp³-hybridized carbons (Fsp3) is 0.300. The highest BCUT2D eigenvalue weighted by Gasteiger charge is 2.28. The molecule has 0 heterocycles. The molecule has 1 N–H and O–H groups in total. The van der Waals surface area contributed by atoms with Crippen LogP contribution in [-0.4, -0.2) is 26.5 Å². The molecule has 0 saturated heterocycles. The number of hydrogen-bond acceptors (Lipinski definition) is 3. The zero-order valence-electron chi connectivity index (χ0n) is 15.2. The molecule has 2 aromatic carbocycles. The van der Waals surface area contributed by atoms with Crippen molar-refractivity contribution in [1.82, 2.24) is 4.72 Å². The summed E-state index contributed by atoms with van der Waals surface area (Å²) in [5, 5.41) is 1.73. The van der Waals surface area contributed by atoms with E-state index in [1.54, 1.807) is 12.1 Å². The van der Waals surface area contributed by atoms with Gasteiger partial charge in [-0.25, -0.2) is 12.8 Å². The third kappa shape index (κ3) is 6.22. The van der Waals surface area contributed by atoms with Crippen LogP contribution in [0.25, 0.3) is 10.8 Å². The fourth-order valence-electron chi connectivity index (χ4n) is 2.99. The summed E-state index contributed by atoms with van der Waals surface area (Å²) in [5.74, 6) is -0.107. The minimum absolute atomic E-state index is 0.0299. The first-order valence-corrected chi connectivity index (χ1v) is 10.6. The average Bonchev–Trinajstić information content (AvgIpc) is 2.59. The molecule has 0 amide bonds. The predicted molar refractivity (Wildman–Crippen MR) is 102 cm³/mol. The van der Waals surface area contributed by atoms with Gasteiger partial charge in [0.1, 0.15) is 17.7 Å². The topological polar surface area (TPSA) is 55.4 Å². The SMILES string of the molecule is O=S(=O)(CCCC(F)(F)F)NC1=CC(Oc2cccc3ccccc23)=CC(F)C1. The molecule has 1 aliphatic carbocycles. The molecule has 1 aliphatic rings. The Morgan fingerprint density at radius 3 is 2.59 bits per heavy atom. The Morgan fingerprint density at radius 1 is 1.10 bits per heavy atom. The summed E-state index contributed by atoms with van der Waals surface area (Å²) in [6, 6.07) is 12.8. The molecule has 0 bridgehead atoms. The van der Waals surface area contributed by atoms with Gasteiger partial charge in [-0.15, -0.1) is 0 Å². The summed E-state index contributed by atoms with van der Waals surface area (Å²) >= 11 is 0. The zero-order chi connectivity index (χ0) is 21.1. The predicted octanol–water partition coefficient (Wildman–Crippen LogP) is 4.99. The Hall–Kier alpha value is -2.55. The van der Waals surface area contributed by atoms with E-state index in [1.165, 1.54) is 12.2 Å². The first-order valence-electron chi connectivity index (χ1n) is 8.91. The van der Waals surface area contributed by atoms with Gasteiger partial charge in [0.25, 0.3) is 0 Å². The number of fused-ring (bicyclic) bond motifs is 1. The van der Waals surface area contributed by atoms with Crippen LogP contribution in [0.1, 0.15) is 19.3 Å². The molecule has 2 aromatic rings. The molecule has 1 unspecified atom stereocenters. The number of sulfonamides is 1. The number of rotatable bonds is 7. The molecule has 156 valence electrons. The number of allylic oxidation sites excluding steroid dienone is 3. The zero-order valence-corrected chi connectivity index (χ0v) is 16.1. The molecular weight excluding hydrogens is 410 g/mol. The number of nitrogens with one attached hydrogen (secondary N) is 1. The molecule has 4 nitrogen and oxygen atoms in total. The van der Waals surface area contributed by atoms with Gasteiger partial charge in [0.2, 0.25) is 10.0 Å². The van der Waals surface area contributed by atoms with E-state index in [0.717, 1.165) is 10.8 Å². The van der Waals surface area contributed by atoms with E-state index in [-0.39, 0.29) is 17.9 Å². The van der Waals surface area contributed by atoms with Crippen LogP contribution in [0, 0.1) is 0 Å². The maximum Gasteiger partial charge on any atom is 0.389 e. The van der Waals surface area contributed by atoms with Gasteiger partial charge in [0.05, 0.1) is 5.75 Å². The lowest BCUT2D eigenvalue weighted by atomic mass is 10.1. The smallest absolute Gasteiger partial charge is 0.389 e. The van der Waals surface area contributed by atoms with Crippen LogP contribution in [0.15, 0.2) is 66.1 Å². The molecule has 0 spiro atoms.